The lowest BCUT2D eigenvalue weighted by atomic mass is 9.80. The van der Waals surface area contributed by atoms with Gasteiger partial charge in [0.25, 0.3) is 0 Å². The number of hydrogen-bond donors (Lipinski definition) is 1. The molecule has 2 aliphatic rings. The van der Waals surface area contributed by atoms with Crippen LogP contribution in [-0.4, -0.2) is 40.9 Å². The van der Waals surface area contributed by atoms with Crippen LogP contribution in [-0.2, 0) is 4.74 Å². The average Bonchev–Trinajstić information content (AvgIpc) is 2.57. The molecular formula is C13H23NO3. The Labute approximate surface area is 103 Å². The zero-order valence-electron chi connectivity index (χ0n) is 11.0. The molecule has 0 unspecified atom stereocenters. The fraction of sp³-hybridized carbons (Fsp3) is 0.923. The van der Waals surface area contributed by atoms with E-state index < -0.39 is 5.60 Å². The summed E-state index contributed by atoms with van der Waals surface area (Å²) in [6.07, 6.45) is 2.37. The van der Waals surface area contributed by atoms with E-state index >= 15 is 0 Å². The Morgan fingerprint density at radius 1 is 1.24 bits per heavy atom. The Balaban J connectivity index is 1.91. The number of aliphatic hydroxyl groups is 1. The van der Waals surface area contributed by atoms with Crippen LogP contribution in [0.3, 0.4) is 0 Å². The molecule has 3 atom stereocenters. The van der Waals surface area contributed by atoms with Crippen LogP contribution >= 0.6 is 0 Å². The normalized spacial score (nSPS) is 33.4. The number of amides is 1. The largest absolute Gasteiger partial charge is 0.444 e. The Kier molecular flexibility index (Phi) is 3.34. The zero-order valence-corrected chi connectivity index (χ0v) is 11.0. The standard InChI is InChI=1S/C13H23NO3/c1-13(2,3)17-12(16)14-7-9-4-5-11(15)6-10(9)8-14/h9-11,15H,4-8H2,1-3H3/t9-,10-,11+/m0/s1. The molecule has 2 fully saturated rings. The number of hydrogen-bond acceptors (Lipinski definition) is 3. The second-order valence-electron chi connectivity index (χ2n) is 6.37. The van der Waals surface area contributed by atoms with Crippen molar-refractivity contribution < 1.29 is 14.6 Å². The van der Waals surface area contributed by atoms with Crippen molar-refractivity contribution in [3.8, 4) is 0 Å². The highest BCUT2D eigenvalue weighted by Gasteiger charge is 2.40. The van der Waals surface area contributed by atoms with Gasteiger partial charge in [0.05, 0.1) is 6.10 Å². The SMILES string of the molecule is CC(C)(C)OC(=O)N1C[C@@H]2CC[C@@H](O)C[C@H]2C1. The van der Waals surface area contributed by atoms with Gasteiger partial charge < -0.3 is 14.7 Å². The molecule has 0 spiro atoms. The number of ether oxygens (including phenoxy) is 1. The number of likely N-dealkylation sites (tertiary alicyclic amines) is 1. The maximum atomic E-state index is 11.9. The number of carbonyl (C=O) groups excluding carboxylic acids is 1. The average molecular weight is 241 g/mol. The van der Waals surface area contributed by atoms with E-state index in [2.05, 4.69) is 0 Å². The highest BCUT2D eigenvalue weighted by atomic mass is 16.6. The number of carbonyl (C=O) groups is 1. The maximum Gasteiger partial charge on any atom is 0.410 e. The Morgan fingerprint density at radius 3 is 2.53 bits per heavy atom. The van der Waals surface area contributed by atoms with Crippen LogP contribution in [0.1, 0.15) is 40.0 Å². The van der Waals surface area contributed by atoms with Crippen molar-refractivity contribution in [2.75, 3.05) is 13.1 Å². The molecule has 1 heterocycles. The highest BCUT2D eigenvalue weighted by Crippen LogP contribution is 2.36. The molecule has 0 aromatic carbocycles. The van der Waals surface area contributed by atoms with E-state index in [1.54, 1.807) is 4.90 Å². The van der Waals surface area contributed by atoms with Gasteiger partial charge in [-0.1, -0.05) is 0 Å². The first-order valence-electron chi connectivity index (χ1n) is 6.51. The fourth-order valence-electron chi connectivity index (χ4n) is 2.88. The predicted octanol–water partition coefficient (Wildman–Crippen LogP) is 2.01. The Morgan fingerprint density at radius 2 is 1.88 bits per heavy atom. The third-order valence-electron chi connectivity index (χ3n) is 3.67. The van der Waals surface area contributed by atoms with Gasteiger partial charge in [-0.15, -0.1) is 0 Å². The summed E-state index contributed by atoms with van der Waals surface area (Å²) in [5.74, 6) is 1.03. The molecule has 1 aliphatic heterocycles. The molecule has 4 heteroatoms. The second kappa shape index (κ2) is 4.48. The predicted molar refractivity (Wildman–Crippen MR) is 64.6 cm³/mol. The lowest BCUT2D eigenvalue weighted by Crippen LogP contribution is -2.35. The summed E-state index contributed by atoms with van der Waals surface area (Å²) in [7, 11) is 0. The summed E-state index contributed by atoms with van der Waals surface area (Å²) >= 11 is 0. The van der Waals surface area contributed by atoms with E-state index in [4.69, 9.17) is 4.74 Å². The summed E-state index contributed by atoms with van der Waals surface area (Å²) in [6.45, 7) is 7.20. The van der Waals surface area contributed by atoms with Crippen molar-refractivity contribution in [3.05, 3.63) is 0 Å². The molecule has 17 heavy (non-hydrogen) atoms. The van der Waals surface area contributed by atoms with Crippen LogP contribution in [0.4, 0.5) is 4.79 Å². The van der Waals surface area contributed by atoms with Crippen LogP contribution in [0, 0.1) is 11.8 Å². The Hall–Kier alpha value is -0.770. The topological polar surface area (TPSA) is 49.8 Å². The minimum Gasteiger partial charge on any atom is -0.444 e. The van der Waals surface area contributed by atoms with E-state index in [-0.39, 0.29) is 12.2 Å². The summed E-state index contributed by atoms with van der Waals surface area (Å²) in [5.41, 5.74) is -0.426. The van der Waals surface area contributed by atoms with E-state index in [1.807, 2.05) is 20.8 Å². The summed E-state index contributed by atoms with van der Waals surface area (Å²) in [4.78, 5) is 13.7. The van der Waals surface area contributed by atoms with Crippen molar-refractivity contribution in [2.45, 2.75) is 51.7 Å². The quantitative estimate of drug-likeness (QED) is 0.706. The van der Waals surface area contributed by atoms with E-state index in [1.165, 1.54) is 0 Å². The van der Waals surface area contributed by atoms with Crippen LogP contribution in [0.5, 0.6) is 0 Å². The van der Waals surface area contributed by atoms with Crippen LogP contribution < -0.4 is 0 Å². The van der Waals surface area contributed by atoms with Crippen LogP contribution in [0.2, 0.25) is 0 Å². The van der Waals surface area contributed by atoms with Gasteiger partial charge in [0.2, 0.25) is 0 Å². The van der Waals surface area contributed by atoms with Gasteiger partial charge in [-0.25, -0.2) is 4.79 Å². The smallest absolute Gasteiger partial charge is 0.410 e. The van der Waals surface area contributed by atoms with Crippen molar-refractivity contribution >= 4 is 6.09 Å². The molecule has 1 amide bonds. The van der Waals surface area contributed by atoms with Gasteiger partial charge in [-0.3, -0.25) is 0 Å². The molecule has 0 bridgehead atoms. The molecule has 0 aromatic heterocycles. The molecule has 98 valence electrons. The minimum atomic E-state index is -0.426. The van der Waals surface area contributed by atoms with Crippen molar-refractivity contribution in [1.29, 1.82) is 0 Å². The number of fused-ring (bicyclic) bond motifs is 1. The molecule has 1 N–H and O–H groups in total. The summed E-state index contributed by atoms with van der Waals surface area (Å²) < 4.78 is 5.38. The van der Waals surface area contributed by atoms with Gasteiger partial charge in [0.1, 0.15) is 5.60 Å². The van der Waals surface area contributed by atoms with Crippen LogP contribution in [0.15, 0.2) is 0 Å². The molecule has 2 rings (SSSR count). The van der Waals surface area contributed by atoms with Gasteiger partial charge >= 0.3 is 6.09 Å². The van der Waals surface area contributed by atoms with Crippen LogP contribution in [0.25, 0.3) is 0 Å². The first-order valence-corrected chi connectivity index (χ1v) is 6.51. The van der Waals surface area contributed by atoms with E-state index in [9.17, 15) is 9.90 Å². The van der Waals surface area contributed by atoms with Gasteiger partial charge in [0, 0.05) is 13.1 Å². The molecule has 1 saturated carbocycles. The lowest BCUT2D eigenvalue weighted by molar-refractivity contribution is 0.0282. The Bertz CT molecular complexity index is 298. The van der Waals surface area contributed by atoms with E-state index in [0.717, 1.165) is 32.4 Å². The van der Waals surface area contributed by atoms with Crippen molar-refractivity contribution in [3.63, 3.8) is 0 Å². The summed E-state index contributed by atoms with van der Waals surface area (Å²) in [6, 6.07) is 0. The zero-order chi connectivity index (χ0) is 12.6. The monoisotopic (exact) mass is 241 g/mol. The lowest BCUT2D eigenvalue weighted by Gasteiger charge is -2.27. The van der Waals surface area contributed by atoms with Gasteiger partial charge in [-0.2, -0.15) is 0 Å². The molecular weight excluding hydrogens is 218 g/mol. The molecule has 0 aromatic rings. The molecule has 4 nitrogen and oxygen atoms in total. The minimum absolute atomic E-state index is 0.171. The molecule has 1 saturated heterocycles. The van der Waals surface area contributed by atoms with Gasteiger partial charge in [0.15, 0.2) is 0 Å². The number of aliphatic hydroxyl groups excluding tert-OH is 1. The highest BCUT2D eigenvalue weighted by molar-refractivity contribution is 5.68. The first-order chi connectivity index (χ1) is 7.85. The molecule has 0 radical (unpaired) electrons. The number of nitrogens with zero attached hydrogens (tertiary/aromatic N) is 1. The van der Waals surface area contributed by atoms with E-state index in [0.29, 0.717) is 11.8 Å². The second-order valence-corrected chi connectivity index (χ2v) is 6.37. The maximum absolute atomic E-state index is 11.9. The summed E-state index contributed by atoms with van der Waals surface area (Å²) in [5, 5.41) is 9.63. The first kappa shape index (κ1) is 12.7. The van der Waals surface area contributed by atoms with Crippen molar-refractivity contribution in [2.24, 2.45) is 11.8 Å². The molecule has 1 aliphatic carbocycles. The van der Waals surface area contributed by atoms with Gasteiger partial charge in [-0.05, 0) is 51.9 Å². The third kappa shape index (κ3) is 3.12. The number of rotatable bonds is 0. The third-order valence-corrected chi connectivity index (χ3v) is 3.67. The fourth-order valence-corrected chi connectivity index (χ4v) is 2.88. The van der Waals surface area contributed by atoms with Crippen molar-refractivity contribution in [1.82, 2.24) is 4.90 Å².